The van der Waals surface area contributed by atoms with Crippen molar-refractivity contribution in [3.8, 4) is 5.75 Å². The van der Waals surface area contributed by atoms with Crippen LogP contribution in [-0.2, 0) is 14.8 Å². The minimum atomic E-state index is -3.94. The van der Waals surface area contributed by atoms with Crippen LogP contribution in [-0.4, -0.2) is 99.0 Å². The van der Waals surface area contributed by atoms with Crippen molar-refractivity contribution in [2.45, 2.75) is 43.7 Å². The molecule has 1 heterocycles. The van der Waals surface area contributed by atoms with Crippen molar-refractivity contribution in [2.24, 2.45) is 5.92 Å². The number of hydrogen-bond donors (Lipinski definition) is 2. The van der Waals surface area contributed by atoms with E-state index in [1.165, 1.54) is 24.1 Å². The lowest BCUT2D eigenvalue weighted by Crippen LogP contribution is -2.50. The molecule has 0 aromatic heterocycles. The van der Waals surface area contributed by atoms with Crippen molar-refractivity contribution in [1.29, 1.82) is 0 Å². The van der Waals surface area contributed by atoms with Gasteiger partial charge in [0, 0.05) is 31.6 Å². The number of aliphatic hydroxyl groups excluding tert-OH is 1. The van der Waals surface area contributed by atoms with Gasteiger partial charge in [0.2, 0.25) is 15.9 Å². The lowest BCUT2D eigenvalue weighted by Gasteiger charge is -2.38. The zero-order valence-electron chi connectivity index (χ0n) is 23.6. The molecule has 0 saturated carbocycles. The molecule has 2 amide bonds. The van der Waals surface area contributed by atoms with Crippen LogP contribution in [0.5, 0.6) is 5.75 Å². The van der Waals surface area contributed by atoms with Crippen LogP contribution in [0.2, 0.25) is 0 Å². The topological polar surface area (TPSA) is 119 Å². The van der Waals surface area contributed by atoms with Gasteiger partial charge >= 0.3 is 0 Å². The van der Waals surface area contributed by atoms with Gasteiger partial charge in [0.25, 0.3) is 5.91 Å². The third-order valence-electron chi connectivity index (χ3n) is 6.92. The number of ether oxygens (including phenoxy) is 1. The van der Waals surface area contributed by atoms with Crippen LogP contribution in [0.1, 0.15) is 37.0 Å². The van der Waals surface area contributed by atoms with E-state index in [0.717, 1.165) is 23.0 Å². The summed E-state index contributed by atoms with van der Waals surface area (Å²) in [7, 11) is 1.34. The van der Waals surface area contributed by atoms with Gasteiger partial charge in [-0.05, 0) is 76.4 Å². The number of rotatable bonds is 11. The number of halogens is 1. The van der Waals surface area contributed by atoms with E-state index >= 15 is 0 Å². The van der Waals surface area contributed by atoms with Crippen molar-refractivity contribution in [3.05, 3.63) is 53.8 Å². The highest BCUT2D eigenvalue weighted by Gasteiger charge is 2.35. The zero-order chi connectivity index (χ0) is 29.6. The first-order valence-electron chi connectivity index (χ1n) is 13.2. The molecule has 0 spiro atoms. The van der Waals surface area contributed by atoms with E-state index in [-0.39, 0.29) is 53.6 Å². The quantitative estimate of drug-likeness (QED) is 0.421. The Kier molecular flexibility index (Phi) is 10.6. The molecule has 1 aliphatic heterocycles. The largest absolute Gasteiger partial charge is 0.488 e. The minimum Gasteiger partial charge on any atom is -0.488 e. The van der Waals surface area contributed by atoms with E-state index in [4.69, 9.17) is 4.74 Å². The number of hydrogen-bond acceptors (Lipinski definition) is 7. The average Bonchev–Trinajstić information content (AvgIpc) is 2.90. The summed E-state index contributed by atoms with van der Waals surface area (Å²) in [6.07, 6.45) is 0.343. The Bertz CT molecular complexity index is 1290. The molecule has 40 heavy (non-hydrogen) atoms. The average molecular weight is 579 g/mol. The Morgan fingerprint density at radius 2 is 1.88 bits per heavy atom. The van der Waals surface area contributed by atoms with Crippen LogP contribution in [0.15, 0.2) is 47.4 Å². The number of benzene rings is 2. The lowest BCUT2D eigenvalue weighted by molar-refractivity contribution is -0.116. The third-order valence-corrected chi connectivity index (χ3v) is 8.75. The van der Waals surface area contributed by atoms with E-state index in [2.05, 4.69) is 5.32 Å². The fourth-order valence-corrected chi connectivity index (χ4v) is 5.62. The van der Waals surface area contributed by atoms with Gasteiger partial charge in [0.1, 0.15) is 17.7 Å². The predicted octanol–water partition coefficient (Wildman–Crippen LogP) is 2.65. The highest BCUT2D eigenvalue weighted by molar-refractivity contribution is 7.89. The number of sulfonamides is 1. The normalized spacial score (nSPS) is 18.6. The summed E-state index contributed by atoms with van der Waals surface area (Å²) in [6.45, 7) is 4.24. The van der Waals surface area contributed by atoms with Gasteiger partial charge in [-0.15, -0.1) is 0 Å². The number of amides is 2. The molecular formula is C28H39FN4O6S. The molecule has 2 aromatic rings. The van der Waals surface area contributed by atoms with E-state index in [1.54, 1.807) is 25.1 Å². The van der Waals surface area contributed by atoms with Crippen LogP contribution in [0.3, 0.4) is 0 Å². The molecule has 2 aromatic carbocycles. The summed E-state index contributed by atoms with van der Waals surface area (Å²) >= 11 is 0. The molecule has 0 fully saturated rings. The smallest absolute Gasteiger partial charge is 0.258 e. The van der Waals surface area contributed by atoms with Gasteiger partial charge in [-0.3, -0.25) is 9.59 Å². The SMILES string of the molecule is C[C@H](CO)N1C[C@H](C)[C@H](CN(C)S(=O)(=O)c2ccc(F)cc2)Oc2ccc(NC(=O)CCCN(C)C)cc2C1=O. The number of fused-ring (bicyclic) bond motifs is 1. The van der Waals surface area contributed by atoms with Crippen molar-refractivity contribution in [2.75, 3.05) is 52.7 Å². The van der Waals surface area contributed by atoms with E-state index in [9.17, 15) is 27.5 Å². The van der Waals surface area contributed by atoms with E-state index < -0.39 is 28.0 Å². The third kappa shape index (κ3) is 7.78. The fraction of sp³-hybridized carbons (Fsp3) is 0.500. The highest BCUT2D eigenvalue weighted by atomic mass is 32.2. The molecule has 0 bridgehead atoms. The summed E-state index contributed by atoms with van der Waals surface area (Å²) in [6, 6.07) is 8.85. The number of carbonyl (C=O) groups excluding carboxylic acids is 2. The Morgan fingerprint density at radius 3 is 2.50 bits per heavy atom. The standard InChI is InChI=1S/C28H39FN4O6S/c1-19-16-33(20(2)18-34)28(36)24-15-22(30-27(35)7-6-14-31(3)4)10-13-25(24)39-26(19)17-32(5)40(37,38)23-11-8-21(29)9-12-23/h8-13,15,19-20,26,34H,6-7,14,16-18H2,1-5H3,(H,30,35)/t19-,20+,26-/m0/s1. The maximum absolute atomic E-state index is 13.6. The monoisotopic (exact) mass is 578 g/mol. The fourth-order valence-electron chi connectivity index (χ4n) is 4.44. The Morgan fingerprint density at radius 1 is 1.20 bits per heavy atom. The maximum atomic E-state index is 13.6. The number of anilines is 1. The predicted molar refractivity (Wildman–Crippen MR) is 150 cm³/mol. The number of likely N-dealkylation sites (N-methyl/N-ethyl adjacent to an activating group) is 1. The Balaban J connectivity index is 1.89. The molecule has 3 atom stereocenters. The van der Waals surface area contributed by atoms with Gasteiger partial charge in [-0.2, -0.15) is 4.31 Å². The van der Waals surface area contributed by atoms with Crippen LogP contribution in [0.25, 0.3) is 0 Å². The second-order valence-corrected chi connectivity index (χ2v) is 12.6. The van der Waals surface area contributed by atoms with Crippen molar-refractivity contribution < 1.29 is 32.2 Å². The second-order valence-electron chi connectivity index (χ2n) is 10.5. The number of nitrogens with one attached hydrogen (secondary N) is 1. The van der Waals surface area contributed by atoms with Gasteiger partial charge in [-0.1, -0.05) is 6.92 Å². The first-order valence-corrected chi connectivity index (χ1v) is 14.7. The Labute approximate surface area is 235 Å². The second kappa shape index (κ2) is 13.5. The number of nitrogens with zero attached hydrogens (tertiary/aromatic N) is 3. The highest BCUT2D eigenvalue weighted by Crippen LogP contribution is 2.31. The molecule has 0 aliphatic carbocycles. The minimum absolute atomic E-state index is 0.0415. The van der Waals surface area contributed by atoms with Gasteiger partial charge in [0.15, 0.2) is 0 Å². The first kappa shape index (κ1) is 31.5. The number of aliphatic hydroxyl groups is 1. The summed E-state index contributed by atoms with van der Waals surface area (Å²) in [5.74, 6) is -1.15. The maximum Gasteiger partial charge on any atom is 0.258 e. The van der Waals surface area contributed by atoms with Crippen molar-refractivity contribution >= 4 is 27.5 Å². The molecule has 0 radical (unpaired) electrons. The van der Waals surface area contributed by atoms with Crippen molar-refractivity contribution in [1.82, 2.24) is 14.1 Å². The van der Waals surface area contributed by atoms with Gasteiger partial charge < -0.3 is 25.0 Å². The molecule has 0 saturated heterocycles. The summed E-state index contributed by atoms with van der Waals surface area (Å²) in [5.41, 5.74) is 0.635. The molecule has 10 nitrogen and oxygen atoms in total. The molecule has 220 valence electrons. The molecule has 1 aliphatic rings. The van der Waals surface area contributed by atoms with Gasteiger partial charge in [0.05, 0.1) is 29.7 Å². The molecule has 3 rings (SSSR count). The lowest BCUT2D eigenvalue weighted by atomic mass is 9.99. The first-order chi connectivity index (χ1) is 18.8. The van der Waals surface area contributed by atoms with Crippen molar-refractivity contribution in [3.63, 3.8) is 0 Å². The molecule has 12 heteroatoms. The van der Waals surface area contributed by atoms with Crippen LogP contribution < -0.4 is 10.1 Å². The summed E-state index contributed by atoms with van der Waals surface area (Å²) < 4.78 is 47.1. The molecule has 0 unspecified atom stereocenters. The Hall–Kier alpha value is -3.06. The summed E-state index contributed by atoms with van der Waals surface area (Å²) in [5, 5.41) is 12.7. The van der Waals surface area contributed by atoms with Crippen LogP contribution in [0, 0.1) is 11.7 Å². The molecular weight excluding hydrogens is 539 g/mol. The van der Waals surface area contributed by atoms with Crippen LogP contribution in [0.4, 0.5) is 10.1 Å². The number of carbonyl (C=O) groups is 2. The van der Waals surface area contributed by atoms with E-state index in [0.29, 0.717) is 18.5 Å². The van der Waals surface area contributed by atoms with Crippen LogP contribution >= 0.6 is 0 Å². The molecule has 2 N–H and O–H groups in total. The van der Waals surface area contributed by atoms with Gasteiger partial charge in [-0.25, -0.2) is 12.8 Å². The zero-order valence-corrected chi connectivity index (χ0v) is 24.4. The summed E-state index contributed by atoms with van der Waals surface area (Å²) in [4.78, 5) is 29.5. The van der Waals surface area contributed by atoms with E-state index in [1.807, 2.05) is 25.9 Å².